The molecule has 0 saturated heterocycles. The summed E-state index contributed by atoms with van der Waals surface area (Å²) in [6.07, 6.45) is -0.0720. The highest BCUT2D eigenvalue weighted by molar-refractivity contribution is 5.96. The molecule has 0 aliphatic heterocycles. The highest BCUT2D eigenvalue weighted by Crippen LogP contribution is 2.21. The minimum absolute atomic E-state index is 0.0720. The molecule has 0 bridgehead atoms. The first-order valence-corrected chi connectivity index (χ1v) is 5.61. The van der Waals surface area contributed by atoms with E-state index in [1.165, 1.54) is 0 Å². The van der Waals surface area contributed by atoms with Gasteiger partial charge in [-0.1, -0.05) is 12.1 Å². The van der Waals surface area contributed by atoms with Crippen LogP contribution in [0.5, 0.6) is 0 Å². The lowest BCUT2D eigenvalue weighted by molar-refractivity contribution is -0.136. The van der Waals surface area contributed by atoms with Crippen LogP contribution in [0.25, 0.3) is 10.9 Å². The monoisotopic (exact) mass is 247 g/mol. The topological polar surface area (TPSA) is 79.4 Å². The van der Waals surface area contributed by atoms with Crippen LogP contribution >= 0.6 is 0 Å². The molecular weight excluding hydrogens is 234 g/mol. The van der Waals surface area contributed by atoms with Gasteiger partial charge in [0.2, 0.25) is 0 Å². The second-order valence-corrected chi connectivity index (χ2v) is 3.85. The molecule has 5 heteroatoms. The van der Waals surface area contributed by atoms with Crippen molar-refractivity contribution in [3.05, 3.63) is 35.5 Å². The number of carbonyl (C=O) groups is 2. The molecule has 0 unspecified atom stereocenters. The van der Waals surface area contributed by atoms with E-state index in [4.69, 9.17) is 9.84 Å². The van der Waals surface area contributed by atoms with E-state index in [-0.39, 0.29) is 6.42 Å². The zero-order valence-corrected chi connectivity index (χ0v) is 9.90. The highest BCUT2D eigenvalue weighted by Gasteiger charge is 2.13. The van der Waals surface area contributed by atoms with Crippen molar-refractivity contribution in [2.24, 2.45) is 0 Å². The number of H-pyrrole nitrogens is 1. The van der Waals surface area contributed by atoms with Crippen LogP contribution in [0.3, 0.4) is 0 Å². The molecule has 94 valence electrons. The summed E-state index contributed by atoms with van der Waals surface area (Å²) in [5, 5.41) is 9.56. The number of ether oxygens (including phenoxy) is 1. The van der Waals surface area contributed by atoms with E-state index in [1.807, 2.05) is 0 Å². The molecule has 1 aromatic carbocycles. The van der Waals surface area contributed by atoms with Crippen molar-refractivity contribution >= 4 is 22.8 Å². The van der Waals surface area contributed by atoms with Crippen molar-refractivity contribution in [3.8, 4) is 0 Å². The first-order valence-electron chi connectivity index (χ1n) is 5.61. The molecule has 0 aliphatic rings. The Morgan fingerprint density at radius 2 is 2.17 bits per heavy atom. The van der Waals surface area contributed by atoms with Crippen molar-refractivity contribution in [2.75, 3.05) is 6.61 Å². The van der Waals surface area contributed by atoms with Crippen molar-refractivity contribution in [2.45, 2.75) is 13.3 Å². The molecule has 1 heterocycles. The Hall–Kier alpha value is -2.30. The molecule has 1 aromatic heterocycles. The minimum Gasteiger partial charge on any atom is -0.481 e. The number of carboxylic acids is 1. The summed E-state index contributed by atoms with van der Waals surface area (Å²) in [7, 11) is 0. The molecule has 0 spiro atoms. The van der Waals surface area contributed by atoms with Crippen LogP contribution in [-0.2, 0) is 16.0 Å². The molecule has 5 nitrogen and oxygen atoms in total. The second kappa shape index (κ2) is 4.91. The molecular formula is C13H13NO4. The van der Waals surface area contributed by atoms with E-state index in [9.17, 15) is 9.59 Å². The van der Waals surface area contributed by atoms with Crippen molar-refractivity contribution in [1.82, 2.24) is 4.98 Å². The largest absolute Gasteiger partial charge is 0.481 e. The van der Waals surface area contributed by atoms with Gasteiger partial charge in [-0.15, -0.1) is 0 Å². The Labute approximate surface area is 103 Å². The van der Waals surface area contributed by atoms with E-state index in [0.29, 0.717) is 17.9 Å². The molecule has 0 aliphatic carbocycles. The number of aliphatic carboxylic acids is 1. The van der Waals surface area contributed by atoms with E-state index in [1.54, 1.807) is 31.2 Å². The molecule has 18 heavy (non-hydrogen) atoms. The quantitative estimate of drug-likeness (QED) is 0.809. The highest BCUT2D eigenvalue weighted by atomic mass is 16.5. The SMILES string of the molecule is CCOC(=O)c1cc2c(CC(=O)O)cccc2[nH]1. The number of hydrogen-bond acceptors (Lipinski definition) is 3. The molecule has 0 fully saturated rings. The molecule has 0 saturated carbocycles. The fourth-order valence-electron chi connectivity index (χ4n) is 1.85. The number of aromatic nitrogens is 1. The minimum atomic E-state index is -0.901. The molecule has 2 N–H and O–H groups in total. The lowest BCUT2D eigenvalue weighted by atomic mass is 10.1. The number of aromatic amines is 1. The molecule has 0 amide bonds. The zero-order chi connectivity index (χ0) is 13.1. The summed E-state index contributed by atoms with van der Waals surface area (Å²) in [5.41, 5.74) is 1.74. The first kappa shape index (κ1) is 12.2. The third-order valence-corrected chi connectivity index (χ3v) is 2.59. The molecule has 2 rings (SSSR count). The van der Waals surface area contributed by atoms with Gasteiger partial charge in [0.1, 0.15) is 5.69 Å². The van der Waals surface area contributed by atoms with Crippen LogP contribution in [-0.4, -0.2) is 28.6 Å². The fraction of sp³-hybridized carbons (Fsp3) is 0.231. The standard InChI is InChI=1S/C13H13NO4/c1-2-18-13(17)11-7-9-8(6-12(15)16)4-3-5-10(9)14-11/h3-5,7,14H,2,6H2,1H3,(H,15,16). The number of benzene rings is 1. The second-order valence-electron chi connectivity index (χ2n) is 3.85. The third kappa shape index (κ3) is 2.34. The maximum absolute atomic E-state index is 11.6. The Kier molecular flexibility index (Phi) is 3.32. The summed E-state index contributed by atoms with van der Waals surface area (Å²) < 4.78 is 4.89. The van der Waals surface area contributed by atoms with Crippen LogP contribution in [0.15, 0.2) is 24.3 Å². The smallest absolute Gasteiger partial charge is 0.354 e. The number of nitrogens with one attached hydrogen (secondary N) is 1. The van der Waals surface area contributed by atoms with Gasteiger partial charge in [0.05, 0.1) is 13.0 Å². The first-order chi connectivity index (χ1) is 8.61. The van der Waals surface area contributed by atoms with Gasteiger partial charge in [0, 0.05) is 10.9 Å². The van der Waals surface area contributed by atoms with Gasteiger partial charge in [-0.25, -0.2) is 4.79 Å². The lowest BCUT2D eigenvalue weighted by Gasteiger charge is -1.98. The zero-order valence-electron chi connectivity index (χ0n) is 9.90. The van der Waals surface area contributed by atoms with Gasteiger partial charge in [-0.2, -0.15) is 0 Å². The number of hydrogen-bond donors (Lipinski definition) is 2. The van der Waals surface area contributed by atoms with Crippen molar-refractivity contribution in [1.29, 1.82) is 0 Å². The van der Waals surface area contributed by atoms with Gasteiger partial charge in [0.15, 0.2) is 0 Å². The van der Waals surface area contributed by atoms with E-state index < -0.39 is 11.9 Å². The van der Waals surface area contributed by atoms with Gasteiger partial charge in [-0.3, -0.25) is 4.79 Å². The number of rotatable bonds is 4. The average Bonchev–Trinajstić information content (AvgIpc) is 2.73. The Morgan fingerprint density at radius 1 is 1.39 bits per heavy atom. The lowest BCUT2D eigenvalue weighted by Crippen LogP contribution is -2.04. The number of fused-ring (bicyclic) bond motifs is 1. The summed E-state index contributed by atoms with van der Waals surface area (Å²) >= 11 is 0. The van der Waals surface area contributed by atoms with Crippen molar-refractivity contribution < 1.29 is 19.4 Å². The fourth-order valence-corrected chi connectivity index (χ4v) is 1.85. The Balaban J connectivity index is 2.44. The van der Waals surface area contributed by atoms with Crippen LogP contribution in [0.1, 0.15) is 23.0 Å². The van der Waals surface area contributed by atoms with Gasteiger partial charge < -0.3 is 14.8 Å². The number of carbonyl (C=O) groups excluding carboxylic acids is 1. The maximum Gasteiger partial charge on any atom is 0.354 e. The maximum atomic E-state index is 11.6. The number of carboxylic acid groups (broad SMARTS) is 1. The predicted octanol–water partition coefficient (Wildman–Crippen LogP) is 1.97. The predicted molar refractivity (Wildman–Crippen MR) is 65.6 cm³/mol. The summed E-state index contributed by atoms with van der Waals surface area (Å²) in [6.45, 7) is 2.03. The van der Waals surface area contributed by atoms with Gasteiger partial charge in [-0.05, 0) is 24.6 Å². The third-order valence-electron chi connectivity index (χ3n) is 2.59. The molecule has 2 aromatic rings. The van der Waals surface area contributed by atoms with Crippen LogP contribution < -0.4 is 0 Å². The Morgan fingerprint density at radius 3 is 2.83 bits per heavy atom. The van der Waals surface area contributed by atoms with Gasteiger partial charge in [0.25, 0.3) is 0 Å². The molecule has 0 radical (unpaired) electrons. The van der Waals surface area contributed by atoms with E-state index in [0.717, 1.165) is 10.9 Å². The van der Waals surface area contributed by atoms with Crippen LogP contribution in [0.2, 0.25) is 0 Å². The van der Waals surface area contributed by atoms with E-state index >= 15 is 0 Å². The van der Waals surface area contributed by atoms with Crippen molar-refractivity contribution in [3.63, 3.8) is 0 Å². The molecule has 0 atom stereocenters. The normalized spacial score (nSPS) is 10.5. The summed E-state index contributed by atoms with van der Waals surface area (Å²) in [5.74, 6) is -1.34. The number of esters is 1. The van der Waals surface area contributed by atoms with E-state index in [2.05, 4.69) is 4.98 Å². The van der Waals surface area contributed by atoms with Gasteiger partial charge >= 0.3 is 11.9 Å². The summed E-state index contributed by atoms with van der Waals surface area (Å²) in [6, 6.07) is 6.92. The average molecular weight is 247 g/mol. The Bertz CT molecular complexity index is 600. The summed E-state index contributed by atoms with van der Waals surface area (Å²) in [4.78, 5) is 25.3. The van der Waals surface area contributed by atoms with Crippen LogP contribution in [0, 0.1) is 0 Å². The van der Waals surface area contributed by atoms with Crippen LogP contribution in [0.4, 0.5) is 0 Å².